The van der Waals surface area contributed by atoms with Gasteiger partial charge in [0.15, 0.2) is 0 Å². The molecule has 0 aliphatic carbocycles. The van der Waals surface area contributed by atoms with Crippen LogP contribution in [0.5, 0.6) is 5.75 Å². The van der Waals surface area contributed by atoms with Gasteiger partial charge in [-0.2, -0.15) is 0 Å². The summed E-state index contributed by atoms with van der Waals surface area (Å²) in [6.45, 7) is 0.627. The fraction of sp³-hybridized carbons (Fsp3) is 0.185. The first-order chi connectivity index (χ1) is 17.0. The molecule has 6 nitrogen and oxygen atoms in total. The molecule has 0 spiro atoms. The van der Waals surface area contributed by atoms with Crippen molar-refractivity contribution in [2.24, 2.45) is 0 Å². The van der Waals surface area contributed by atoms with Crippen LogP contribution >= 0.6 is 23.2 Å². The molecule has 1 saturated heterocycles. The second-order valence-corrected chi connectivity index (χ2v) is 9.05. The SMILES string of the molecule is O=C(C[C@H]1CO[C@](Cn2ccnc2)(c2ccc(-c3ccccc3)cc2)O1)Oc1ccc(Cl)c(Cl)c1. The third-order valence-corrected chi connectivity index (χ3v) is 6.50. The van der Waals surface area contributed by atoms with E-state index in [9.17, 15) is 4.79 Å². The van der Waals surface area contributed by atoms with Gasteiger partial charge < -0.3 is 18.8 Å². The molecule has 2 atom stereocenters. The van der Waals surface area contributed by atoms with E-state index in [-0.39, 0.29) is 13.0 Å². The monoisotopic (exact) mass is 508 g/mol. The summed E-state index contributed by atoms with van der Waals surface area (Å²) in [7, 11) is 0. The van der Waals surface area contributed by atoms with Crippen molar-refractivity contribution >= 4 is 29.2 Å². The summed E-state index contributed by atoms with van der Waals surface area (Å²) in [5.41, 5.74) is 3.07. The number of rotatable bonds is 7. The molecule has 3 aromatic carbocycles. The molecular formula is C27H22Cl2N2O4. The number of aromatic nitrogens is 2. The zero-order valence-electron chi connectivity index (χ0n) is 18.6. The number of carbonyl (C=O) groups excluding carboxylic acids is 1. The Morgan fingerprint density at radius 3 is 2.51 bits per heavy atom. The lowest BCUT2D eigenvalue weighted by molar-refractivity contribution is -0.188. The molecule has 1 aromatic heterocycles. The molecule has 8 heteroatoms. The van der Waals surface area contributed by atoms with Gasteiger partial charge in [-0.15, -0.1) is 0 Å². The molecule has 35 heavy (non-hydrogen) atoms. The molecule has 178 valence electrons. The Morgan fingerprint density at radius 2 is 1.80 bits per heavy atom. The van der Waals surface area contributed by atoms with Crippen molar-refractivity contribution in [1.82, 2.24) is 9.55 Å². The molecule has 0 unspecified atom stereocenters. The average molecular weight is 509 g/mol. The number of benzene rings is 3. The number of hydrogen-bond donors (Lipinski definition) is 0. The summed E-state index contributed by atoms with van der Waals surface area (Å²) in [6.07, 6.45) is 4.79. The maximum absolute atomic E-state index is 12.6. The maximum atomic E-state index is 12.6. The van der Waals surface area contributed by atoms with E-state index in [0.29, 0.717) is 22.3 Å². The Kier molecular flexibility index (Phi) is 6.88. The summed E-state index contributed by atoms with van der Waals surface area (Å²) in [5.74, 6) is -1.19. The molecule has 0 bridgehead atoms. The standard InChI is InChI=1S/C27H22Cl2N2O4/c28-24-11-10-22(14-25(24)29)34-26(32)15-23-16-33-27(35-23,17-31-13-12-30-18-31)21-8-6-20(7-9-21)19-4-2-1-3-5-19/h1-14,18,23H,15-17H2/t23-,27-/m0/s1. The Hall–Kier alpha value is -3.16. The van der Waals surface area contributed by atoms with Crippen molar-refractivity contribution < 1.29 is 19.0 Å². The zero-order chi connectivity index (χ0) is 24.3. The quantitative estimate of drug-likeness (QED) is 0.222. The number of carbonyl (C=O) groups is 1. The number of nitrogens with zero attached hydrogens (tertiary/aromatic N) is 2. The second-order valence-electron chi connectivity index (χ2n) is 8.24. The summed E-state index contributed by atoms with van der Waals surface area (Å²) < 4.78 is 19.9. The highest BCUT2D eigenvalue weighted by Crippen LogP contribution is 2.38. The van der Waals surface area contributed by atoms with Crippen LogP contribution in [0.1, 0.15) is 12.0 Å². The minimum absolute atomic E-state index is 0.0218. The number of hydrogen-bond acceptors (Lipinski definition) is 5. The molecule has 5 rings (SSSR count). The van der Waals surface area contributed by atoms with Gasteiger partial charge in [-0.25, -0.2) is 4.98 Å². The summed E-state index contributed by atoms with van der Waals surface area (Å²) in [6, 6.07) is 22.9. The van der Waals surface area contributed by atoms with Crippen LogP contribution in [-0.2, 0) is 26.6 Å². The topological polar surface area (TPSA) is 62.6 Å². The van der Waals surface area contributed by atoms with Crippen LogP contribution in [0.25, 0.3) is 11.1 Å². The fourth-order valence-corrected chi connectivity index (χ4v) is 4.35. The predicted molar refractivity (Wildman–Crippen MR) is 133 cm³/mol. The van der Waals surface area contributed by atoms with E-state index < -0.39 is 17.9 Å². The van der Waals surface area contributed by atoms with E-state index in [1.54, 1.807) is 24.7 Å². The van der Waals surface area contributed by atoms with E-state index in [1.807, 2.05) is 53.2 Å². The smallest absolute Gasteiger partial charge is 0.313 e. The average Bonchev–Trinajstić information content (AvgIpc) is 3.53. The van der Waals surface area contributed by atoms with Crippen LogP contribution in [0.15, 0.2) is 91.5 Å². The van der Waals surface area contributed by atoms with Crippen LogP contribution in [-0.4, -0.2) is 28.2 Å². The lowest BCUT2D eigenvalue weighted by atomic mass is 10.00. The molecule has 0 amide bonds. The van der Waals surface area contributed by atoms with Crippen molar-refractivity contribution in [3.63, 3.8) is 0 Å². The van der Waals surface area contributed by atoms with Crippen molar-refractivity contribution in [1.29, 1.82) is 0 Å². The van der Waals surface area contributed by atoms with Crippen molar-refractivity contribution in [2.75, 3.05) is 6.61 Å². The van der Waals surface area contributed by atoms with Crippen molar-refractivity contribution in [2.45, 2.75) is 24.9 Å². The van der Waals surface area contributed by atoms with Gasteiger partial charge >= 0.3 is 5.97 Å². The Morgan fingerprint density at radius 1 is 1.03 bits per heavy atom. The number of esters is 1. The number of ether oxygens (including phenoxy) is 3. The third kappa shape index (κ3) is 5.41. The normalized spacial score (nSPS) is 19.5. The number of imidazole rings is 1. The molecule has 0 N–H and O–H groups in total. The van der Waals surface area contributed by atoms with Crippen LogP contribution < -0.4 is 4.74 Å². The summed E-state index contributed by atoms with van der Waals surface area (Å²) in [5, 5.41) is 0.706. The highest BCUT2D eigenvalue weighted by atomic mass is 35.5. The molecule has 1 aliphatic heterocycles. The molecule has 2 heterocycles. The summed E-state index contributed by atoms with van der Waals surface area (Å²) in [4.78, 5) is 16.7. The first-order valence-electron chi connectivity index (χ1n) is 11.1. The summed E-state index contributed by atoms with van der Waals surface area (Å²) >= 11 is 11.9. The predicted octanol–water partition coefficient (Wildman–Crippen LogP) is 6.12. The second kappa shape index (κ2) is 10.2. The van der Waals surface area contributed by atoms with Gasteiger partial charge in [0.05, 0.1) is 42.0 Å². The Bertz CT molecular complexity index is 1300. The van der Waals surface area contributed by atoms with Crippen LogP contribution in [0.2, 0.25) is 10.0 Å². The largest absolute Gasteiger partial charge is 0.426 e. The van der Waals surface area contributed by atoms with E-state index in [0.717, 1.165) is 16.7 Å². The van der Waals surface area contributed by atoms with E-state index in [4.69, 9.17) is 37.4 Å². The molecule has 0 saturated carbocycles. The first-order valence-corrected chi connectivity index (χ1v) is 11.9. The molecule has 1 aliphatic rings. The van der Waals surface area contributed by atoms with Crippen LogP contribution in [0.4, 0.5) is 0 Å². The minimum atomic E-state index is -1.07. The highest BCUT2D eigenvalue weighted by molar-refractivity contribution is 6.42. The van der Waals surface area contributed by atoms with Crippen molar-refractivity contribution in [3.8, 4) is 16.9 Å². The first kappa shape index (κ1) is 23.6. The van der Waals surface area contributed by atoms with Crippen molar-refractivity contribution in [3.05, 3.63) is 107 Å². The Balaban J connectivity index is 1.33. The van der Waals surface area contributed by atoms with E-state index in [2.05, 4.69) is 17.1 Å². The third-order valence-electron chi connectivity index (χ3n) is 5.76. The molecule has 4 aromatic rings. The zero-order valence-corrected chi connectivity index (χ0v) is 20.2. The lowest BCUT2D eigenvalue weighted by Gasteiger charge is -2.29. The van der Waals surface area contributed by atoms with Gasteiger partial charge in [0.1, 0.15) is 5.75 Å². The highest BCUT2D eigenvalue weighted by Gasteiger charge is 2.44. The van der Waals surface area contributed by atoms with Crippen LogP contribution in [0.3, 0.4) is 0 Å². The Labute approximate surface area is 213 Å². The van der Waals surface area contributed by atoms with E-state index in [1.165, 1.54) is 6.07 Å². The van der Waals surface area contributed by atoms with Gasteiger partial charge in [0, 0.05) is 24.0 Å². The fourth-order valence-electron chi connectivity index (χ4n) is 4.06. The lowest BCUT2D eigenvalue weighted by Crippen LogP contribution is -2.33. The van der Waals surface area contributed by atoms with Gasteiger partial charge in [-0.05, 0) is 23.3 Å². The van der Waals surface area contributed by atoms with E-state index >= 15 is 0 Å². The van der Waals surface area contributed by atoms with Gasteiger partial charge in [0.25, 0.3) is 0 Å². The molecule has 0 radical (unpaired) electrons. The minimum Gasteiger partial charge on any atom is -0.426 e. The van der Waals surface area contributed by atoms with Crippen LogP contribution in [0, 0.1) is 0 Å². The van der Waals surface area contributed by atoms with Gasteiger partial charge in [0.2, 0.25) is 5.79 Å². The van der Waals surface area contributed by atoms with Gasteiger partial charge in [-0.1, -0.05) is 77.8 Å². The molecular weight excluding hydrogens is 487 g/mol. The molecule has 1 fully saturated rings. The van der Waals surface area contributed by atoms with Gasteiger partial charge in [-0.3, -0.25) is 4.79 Å². The number of halogens is 2. The maximum Gasteiger partial charge on any atom is 0.313 e.